The lowest BCUT2D eigenvalue weighted by molar-refractivity contribution is 0.199. The highest BCUT2D eigenvalue weighted by Crippen LogP contribution is 2.41. The second-order valence-electron chi connectivity index (χ2n) is 19.4. The van der Waals surface area contributed by atoms with Crippen LogP contribution in [0.1, 0.15) is 152 Å². The molecule has 0 amide bonds. The molecule has 0 saturated carbocycles. The number of aromatic hydroxyl groups is 1. The molecule has 0 heterocycles. The number of ether oxygens (including phenoxy) is 3. The van der Waals surface area contributed by atoms with Gasteiger partial charge in [-0.2, -0.15) is 0 Å². The number of hydrogen-bond acceptors (Lipinski definition) is 6. The fourth-order valence-corrected chi connectivity index (χ4v) is 6.88. The SMILES string of the molecule is CCCOc1ccc(C(C)(C)C)cc1Cc1cc(C(C)(C)C)cc(Cc2cc(C(C)(C)C)cc(Cc3cc(C(C)(C)C)ccc3OCCO)c2O)c1OCCO. The Bertz CT molecular complexity index is 1930. The third kappa shape index (κ3) is 11.5. The second kappa shape index (κ2) is 18.1. The highest BCUT2D eigenvalue weighted by atomic mass is 16.5. The number of rotatable bonds is 15. The number of aliphatic hydroxyl groups excluding tert-OH is 2. The predicted molar refractivity (Wildman–Crippen MR) is 232 cm³/mol. The Morgan fingerprint density at radius 1 is 0.429 bits per heavy atom. The Balaban J connectivity index is 1.95. The van der Waals surface area contributed by atoms with Gasteiger partial charge in [0.2, 0.25) is 0 Å². The molecule has 4 rings (SSSR count). The molecule has 0 aromatic heterocycles. The van der Waals surface area contributed by atoms with E-state index in [9.17, 15) is 15.3 Å². The summed E-state index contributed by atoms with van der Waals surface area (Å²) in [5, 5.41) is 31.9. The van der Waals surface area contributed by atoms with Crippen molar-refractivity contribution in [2.75, 3.05) is 33.0 Å². The zero-order chi connectivity index (χ0) is 41.6. The van der Waals surface area contributed by atoms with Crippen molar-refractivity contribution in [2.45, 2.75) is 137 Å². The van der Waals surface area contributed by atoms with Crippen LogP contribution in [0.5, 0.6) is 23.0 Å². The molecular weight excluding hydrogens is 697 g/mol. The Morgan fingerprint density at radius 2 is 0.768 bits per heavy atom. The third-order valence-electron chi connectivity index (χ3n) is 10.4. The van der Waals surface area contributed by atoms with Gasteiger partial charge in [-0.1, -0.05) is 139 Å². The molecule has 6 heteroatoms. The maximum absolute atomic E-state index is 12.2. The zero-order valence-electron chi connectivity index (χ0n) is 36.7. The van der Waals surface area contributed by atoms with Crippen molar-refractivity contribution >= 4 is 0 Å². The lowest BCUT2D eigenvalue weighted by Crippen LogP contribution is -2.16. The van der Waals surface area contributed by atoms with E-state index in [1.807, 2.05) is 6.07 Å². The molecule has 56 heavy (non-hydrogen) atoms. The second-order valence-corrected chi connectivity index (χ2v) is 19.4. The van der Waals surface area contributed by atoms with Gasteiger partial charge in [-0.3, -0.25) is 0 Å². The van der Waals surface area contributed by atoms with Gasteiger partial charge >= 0.3 is 0 Å². The van der Waals surface area contributed by atoms with Crippen LogP contribution in [-0.2, 0) is 40.9 Å². The summed E-state index contributed by atoms with van der Waals surface area (Å²) in [6.45, 7) is 29.4. The van der Waals surface area contributed by atoms with E-state index in [0.29, 0.717) is 31.6 Å². The Kier molecular flexibility index (Phi) is 14.4. The molecule has 4 aromatic rings. The van der Waals surface area contributed by atoms with Gasteiger partial charge in [0.05, 0.1) is 19.8 Å². The molecule has 3 N–H and O–H groups in total. The minimum absolute atomic E-state index is 0.0419. The first-order valence-corrected chi connectivity index (χ1v) is 20.4. The van der Waals surface area contributed by atoms with Gasteiger partial charge in [0.1, 0.15) is 36.2 Å². The van der Waals surface area contributed by atoms with Gasteiger partial charge in [0.15, 0.2) is 0 Å². The molecule has 4 aromatic carbocycles. The first-order valence-electron chi connectivity index (χ1n) is 20.4. The van der Waals surface area contributed by atoms with Crippen molar-refractivity contribution in [1.82, 2.24) is 0 Å². The topological polar surface area (TPSA) is 88.4 Å². The summed E-state index contributed by atoms with van der Waals surface area (Å²) in [5.74, 6) is 2.55. The van der Waals surface area contributed by atoms with Crippen molar-refractivity contribution in [3.05, 3.63) is 116 Å². The number of benzene rings is 4. The van der Waals surface area contributed by atoms with Crippen molar-refractivity contribution in [2.24, 2.45) is 0 Å². The number of hydrogen-bond donors (Lipinski definition) is 3. The lowest BCUT2D eigenvalue weighted by atomic mass is 9.80. The van der Waals surface area contributed by atoms with E-state index in [-0.39, 0.29) is 53.8 Å². The summed E-state index contributed by atoms with van der Waals surface area (Å²) >= 11 is 0. The quantitative estimate of drug-likeness (QED) is 0.112. The summed E-state index contributed by atoms with van der Waals surface area (Å²) in [5.41, 5.74) is 9.85. The molecule has 0 saturated heterocycles. The zero-order valence-corrected chi connectivity index (χ0v) is 36.7. The normalized spacial score (nSPS) is 12.6. The fourth-order valence-electron chi connectivity index (χ4n) is 6.88. The largest absolute Gasteiger partial charge is 0.507 e. The molecule has 0 aliphatic heterocycles. The summed E-state index contributed by atoms with van der Waals surface area (Å²) in [6, 6.07) is 21.5. The van der Waals surface area contributed by atoms with Crippen LogP contribution in [0, 0.1) is 0 Å². The van der Waals surface area contributed by atoms with Crippen LogP contribution in [-0.4, -0.2) is 48.4 Å². The van der Waals surface area contributed by atoms with E-state index in [1.54, 1.807) is 0 Å². The van der Waals surface area contributed by atoms with Crippen molar-refractivity contribution in [3.8, 4) is 23.0 Å². The minimum atomic E-state index is -0.192. The molecule has 0 atom stereocenters. The van der Waals surface area contributed by atoms with Crippen LogP contribution >= 0.6 is 0 Å². The monoisotopic (exact) mass is 767 g/mol. The molecule has 0 radical (unpaired) electrons. The summed E-state index contributed by atoms with van der Waals surface area (Å²) in [7, 11) is 0. The Labute approximate surface area is 338 Å². The van der Waals surface area contributed by atoms with E-state index in [1.165, 1.54) is 16.7 Å². The minimum Gasteiger partial charge on any atom is -0.507 e. The van der Waals surface area contributed by atoms with E-state index in [0.717, 1.165) is 56.9 Å². The van der Waals surface area contributed by atoms with Crippen molar-refractivity contribution < 1.29 is 29.5 Å². The number of phenolic OH excluding ortho intramolecular Hbond substituents is 1. The van der Waals surface area contributed by atoms with Crippen molar-refractivity contribution in [3.63, 3.8) is 0 Å². The van der Waals surface area contributed by atoms with E-state index in [4.69, 9.17) is 14.2 Å². The van der Waals surface area contributed by atoms with Crippen LogP contribution in [0.4, 0.5) is 0 Å². The first kappa shape index (κ1) is 44.7. The molecule has 0 spiro atoms. The molecule has 0 aliphatic carbocycles. The summed E-state index contributed by atoms with van der Waals surface area (Å²) < 4.78 is 18.8. The maximum Gasteiger partial charge on any atom is 0.126 e. The highest BCUT2D eigenvalue weighted by Gasteiger charge is 2.26. The number of phenols is 1. The van der Waals surface area contributed by atoms with Crippen LogP contribution < -0.4 is 14.2 Å². The smallest absolute Gasteiger partial charge is 0.126 e. The molecular formula is C50H70O6. The standard InChI is InChI=1S/C50H70O6/c1-14-21-54-43-17-15-40(48(5,6)7)28-34(43)25-37-31-42(50(11,12)13)32-38(46(37)56-23-20-52)26-36-30-41(49(8,9)10)29-35(45(36)53)24-33-27-39(47(2,3)4)16-18-44(33)55-22-19-51/h15-18,27-32,51-53H,14,19-26H2,1-13H3. The Hall–Kier alpha value is -4.00. The molecule has 0 unspecified atom stereocenters. The third-order valence-corrected chi connectivity index (χ3v) is 10.4. The average molecular weight is 767 g/mol. The van der Waals surface area contributed by atoms with Crippen molar-refractivity contribution in [1.29, 1.82) is 0 Å². The van der Waals surface area contributed by atoms with Gasteiger partial charge in [0.25, 0.3) is 0 Å². The highest BCUT2D eigenvalue weighted by molar-refractivity contribution is 5.56. The molecule has 0 fully saturated rings. The lowest BCUT2D eigenvalue weighted by Gasteiger charge is -2.27. The van der Waals surface area contributed by atoms with E-state index >= 15 is 0 Å². The molecule has 0 aliphatic rings. The fraction of sp³-hybridized carbons (Fsp3) is 0.520. The first-order chi connectivity index (χ1) is 26.1. The average Bonchev–Trinajstić information content (AvgIpc) is 3.09. The predicted octanol–water partition coefficient (Wildman–Crippen LogP) is 10.9. The van der Waals surface area contributed by atoms with E-state index < -0.39 is 0 Å². The van der Waals surface area contributed by atoms with Gasteiger partial charge < -0.3 is 29.5 Å². The maximum atomic E-state index is 12.2. The van der Waals surface area contributed by atoms with Gasteiger partial charge in [0, 0.05) is 19.3 Å². The Morgan fingerprint density at radius 3 is 1.16 bits per heavy atom. The van der Waals surface area contributed by atoms with Gasteiger partial charge in [-0.25, -0.2) is 0 Å². The van der Waals surface area contributed by atoms with E-state index in [2.05, 4.69) is 145 Å². The van der Waals surface area contributed by atoms with Gasteiger partial charge in [-0.05, 0) is 95.8 Å². The molecule has 6 nitrogen and oxygen atoms in total. The van der Waals surface area contributed by atoms with Crippen LogP contribution in [0.15, 0.2) is 60.7 Å². The van der Waals surface area contributed by atoms with Crippen LogP contribution in [0.2, 0.25) is 0 Å². The van der Waals surface area contributed by atoms with Crippen LogP contribution in [0.3, 0.4) is 0 Å². The summed E-state index contributed by atoms with van der Waals surface area (Å²) in [6.07, 6.45) is 2.38. The molecule has 306 valence electrons. The van der Waals surface area contributed by atoms with Gasteiger partial charge in [-0.15, -0.1) is 0 Å². The number of aliphatic hydroxyl groups is 2. The molecule has 0 bridgehead atoms. The van der Waals surface area contributed by atoms with Crippen LogP contribution in [0.25, 0.3) is 0 Å². The summed E-state index contributed by atoms with van der Waals surface area (Å²) in [4.78, 5) is 0.